The molecule has 0 spiro atoms. The maximum atomic E-state index is 10.9. The first-order valence-electron chi connectivity index (χ1n) is 5.01. The molecule has 0 fully saturated rings. The SMILES string of the molecule is CC/C(Oc1ccc(Br)cc1Br)=C(/C)C(=O)O. The summed E-state index contributed by atoms with van der Waals surface area (Å²) in [6.45, 7) is 3.39. The first-order valence-corrected chi connectivity index (χ1v) is 6.60. The van der Waals surface area contributed by atoms with E-state index in [4.69, 9.17) is 9.84 Å². The van der Waals surface area contributed by atoms with Gasteiger partial charge in [-0.1, -0.05) is 22.9 Å². The first-order chi connectivity index (χ1) is 7.95. The van der Waals surface area contributed by atoms with Gasteiger partial charge in [0.05, 0.1) is 10.0 Å². The Hall–Kier alpha value is -0.810. The van der Waals surface area contributed by atoms with Crippen LogP contribution in [0.2, 0.25) is 0 Å². The lowest BCUT2D eigenvalue weighted by Gasteiger charge is -2.12. The number of carboxylic acids is 1. The Morgan fingerprint density at radius 2 is 2.06 bits per heavy atom. The fourth-order valence-corrected chi connectivity index (χ4v) is 2.35. The number of hydrogen-bond donors (Lipinski definition) is 1. The molecule has 0 atom stereocenters. The van der Waals surface area contributed by atoms with Crippen LogP contribution in [0.1, 0.15) is 20.3 Å². The monoisotopic (exact) mass is 362 g/mol. The molecule has 1 aromatic carbocycles. The highest BCUT2D eigenvalue weighted by molar-refractivity contribution is 9.11. The molecule has 92 valence electrons. The molecule has 0 bridgehead atoms. The van der Waals surface area contributed by atoms with Gasteiger partial charge in [-0.25, -0.2) is 4.79 Å². The van der Waals surface area contributed by atoms with Crippen LogP contribution in [-0.2, 0) is 4.79 Å². The van der Waals surface area contributed by atoms with Crippen LogP contribution in [0, 0.1) is 0 Å². The summed E-state index contributed by atoms with van der Waals surface area (Å²) in [5.74, 6) is 0.0984. The Balaban J connectivity index is 3.04. The smallest absolute Gasteiger partial charge is 0.334 e. The summed E-state index contributed by atoms with van der Waals surface area (Å²) in [4.78, 5) is 10.9. The molecule has 0 unspecified atom stereocenters. The number of ether oxygens (including phenoxy) is 1. The molecule has 0 aliphatic carbocycles. The molecule has 0 amide bonds. The lowest BCUT2D eigenvalue weighted by atomic mass is 10.2. The summed E-state index contributed by atoms with van der Waals surface area (Å²) in [6.07, 6.45) is 0.528. The molecular formula is C12H12Br2O3. The van der Waals surface area contributed by atoms with Crippen molar-refractivity contribution in [2.24, 2.45) is 0 Å². The Bertz CT molecular complexity index is 467. The largest absolute Gasteiger partial charge is 0.478 e. The number of halogens is 2. The minimum absolute atomic E-state index is 0.224. The summed E-state index contributed by atoms with van der Waals surface area (Å²) < 4.78 is 7.30. The van der Waals surface area contributed by atoms with Crippen LogP contribution in [0.15, 0.2) is 38.5 Å². The molecule has 1 aromatic rings. The number of hydrogen-bond acceptors (Lipinski definition) is 2. The van der Waals surface area contributed by atoms with Crippen molar-refractivity contribution in [2.45, 2.75) is 20.3 Å². The number of allylic oxidation sites excluding steroid dienone is 1. The second kappa shape index (κ2) is 6.21. The van der Waals surface area contributed by atoms with E-state index in [9.17, 15) is 4.79 Å². The van der Waals surface area contributed by atoms with Crippen molar-refractivity contribution in [3.8, 4) is 5.75 Å². The van der Waals surface area contributed by atoms with Gasteiger partial charge < -0.3 is 9.84 Å². The summed E-state index contributed by atoms with van der Waals surface area (Å²) in [5, 5.41) is 8.92. The van der Waals surface area contributed by atoms with Crippen molar-refractivity contribution in [1.82, 2.24) is 0 Å². The molecule has 3 nitrogen and oxygen atoms in total. The molecule has 17 heavy (non-hydrogen) atoms. The molecule has 0 heterocycles. The van der Waals surface area contributed by atoms with E-state index in [1.807, 2.05) is 19.1 Å². The molecule has 0 aromatic heterocycles. The third-order valence-corrected chi connectivity index (χ3v) is 3.30. The highest BCUT2D eigenvalue weighted by Crippen LogP contribution is 2.30. The maximum Gasteiger partial charge on any atom is 0.334 e. The van der Waals surface area contributed by atoms with Crippen molar-refractivity contribution in [3.63, 3.8) is 0 Å². The summed E-state index contributed by atoms with van der Waals surface area (Å²) >= 11 is 6.71. The zero-order chi connectivity index (χ0) is 13.0. The predicted molar refractivity (Wildman–Crippen MR) is 73.1 cm³/mol. The molecular weight excluding hydrogens is 352 g/mol. The van der Waals surface area contributed by atoms with Gasteiger partial charge in [-0.2, -0.15) is 0 Å². The van der Waals surface area contributed by atoms with E-state index < -0.39 is 5.97 Å². The minimum Gasteiger partial charge on any atom is -0.478 e. The van der Waals surface area contributed by atoms with Gasteiger partial charge in [0, 0.05) is 10.9 Å². The number of carbonyl (C=O) groups is 1. The Morgan fingerprint density at radius 3 is 2.53 bits per heavy atom. The van der Waals surface area contributed by atoms with Crippen LogP contribution in [0.3, 0.4) is 0 Å². The highest BCUT2D eigenvalue weighted by Gasteiger charge is 2.11. The predicted octanol–water partition coefficient (Wildman–Crippen LogP) is 4.36. The van der Waals surface area contributed by atoms with E-state index in [0.29, 0.717) is 17.9 Å². The molecule has 0 radical (unpaired) electrons. The Labute approximate surface area is 117 Å². The van der Waals surface area contributed by atoms with E-state index in [1.165, 1.54) is 6.92 Å². The Kier molecular flexibility index (Phi) is 5.21. The zero-order valence-corrected chi connectivity index (χ0v) is 12.6. The van der Waals surface area contributed by atoms with Gasteiger partial charge in [0.2, 0.25) is 0 Å². The van der Waals surface area contributed by atoms with E-state index in [-0.39, 0.29) is 5.57 Å². The fourth-order valence-electron chi connectivity index (χ4n) is 1.22. The van der Waals surface area contributed by atoms with Gasteiger partial charge in [-0.15, -0.1) is 0 Å². The molecule has 5 heteroatoms. The molecule has 1 N–H and O–H groups in total. The average molecular weight is 364 g/mol. The summed E-state index contributed by atoms with van der Waals surface area (Å²) in [6, 6.07) is 5.46. The molecule has 1 rings (SSSR count). The molecule has 0 aliphatic heterocycles. The lowest BCUT2D eigenvalue weighted by molar-refractivity contribution is -0.132. The van der Waals surface area contributed by atoms with Gasteiger partial charge in [-0.3, -0.25) is 0 Å². The quantitative estimate of drug-likeness (QED) is 0.638. The molecule has 0 saturated carbocycles. The van der Waals surface area contributed by atoms with E-state index in [0.717, 1.165) is 8.95 Å². The number of aliphatic carboxylic acids is 1. The maximum absolute atomic E-state index is 10.9. The normalized spacial score (nSPS) is 12.0. The molecule has 0 saturated heterocycles. The van der Waals surface area contributed by atoms with Gasteiger partial charge >= 0.3 is 5.97 Å². The van der Waals surface area contributed by atoms with Crippen molar-refractivity contribution in [3.05, 3.63) is 38.5 Å². The third-order valence-electron chi connectivity index (χ3n) is 2.19. The number of benzene rings is 1. The van der Waals surface area contributed by atoms with Gasteiger partial charge in [0.1, 0.15) is 11.5 Å². The van der Waals surface area contributed by atoms with E-state index in [2.05, 4.69) is 31.9 Å². The van der Waals surface area contributed by atoms with E-state index >= 15 is 0 Å². The van der Waals surface area contributed by atoms with Crippen molar-refractivity contribution < 1.29 is 14.6 Å². The topological polar surface area (TPSA) is 46.5 Å². The van der Waals surface area contributed by atoms with Crippen molar-refractivity contribution in [2.75, 3.05) is 0 Å². The third kappa shape index (κ3) is 3.85. The zero-order valence-electron chi connectivity index (χ0n) is 9.46. The average Bonchev–Trinajstić information content (AvgIpc) is 2.27. The van der Waals surface area contributed by atoms with Crippen LogP contribution in [-0.4, -0.2) is 11.1 Å². The molecule has 0 aliphatic rings. The van der Waals surface area contributed by atoms with Crippen molar-refractivity contribution in [1.29, 1.82) is 0 Å². The summed E-state index contributed by atoms with van der Waals surface area (Å²) in [7, 11) is 0. The Morgan fingerprint density at radius 1 is 1.41 bits per heavy atom. The van der Waals surface area contributed by atoms with Gasteiger partial charge in [-0.05, 0) is 41.1 Å². The lowest BCUT2D eigenvalue weighted by Crippen LogP contribution is -2.06. The fraction of sp³-hybridized carbons (Fsp3) is 0.250. The second-order valence-electron chi connectivity index (χ2n) is 3.38. The van der Waals surface area contributed by atoms with Gasteiger partial charge in [0.25, 0.3) is 0 Å². The standard InChI is InChI=1S/C12H12Br2O3/c1-3-10(7(2)12(15)16)17-11-5-4-8(13)6-9(11)14/h4-6H,3H2,1-2H3,(H,15,16)/b10-7+. The van der Waals surface area contributed by atoms with Crippen LogP contribution < -0.4 is 4.74 Å². The van der Waals surface area contributed by atoms with Crippen LogP contribution in [0.4, 0.5) is 0 Å². The van der Waals surface area contributed by atoms with E-state index in [1.54, 1.807) is 6.07 Å². The van der Waals surface area contributed by atoms with Crippen molar-refractivity contribution >= 4 is 37.8 Å². The number of carboxylic acid groups (broad SMARTS) is 1. The van der Waals surface area contributed by atoms with Gasteiger partial charge in [0.15, 0.2) is 0 Å². The minimum atomic E-state index is -0.963. The highest BCUT2D eigenvalue weighted by atomic mass is 79.9. The number of rotatable bonds is 4. The second-order valence-corrected chi connectivity index (χ2v) is 5.15. The van der Waals surface area contributed by atoms with Crippen LogP contribution in [0.5, 0.6) is 5.75 Å². The van der Waals surface area contributed by atoms with Crippen LogP contribution >= 0.6 is 31.9 Å². The summed E-state index contributed by atoms with van der Waals surface area (Å²) in [5.41, 5.74) is 0.224. The first kappa shape index (κ1) is 14.3. The van der Waals surface area contributed by atoms with Crippen LogP contribution in [0.25, 0.3) is 0 Å².